The van der Waals surface area contributed by atoms with Crippen molar-refractivity contribution in [2.45, 2.75) is 20.0 Å². The van der Waals surface area contributed by atoms with E-state index in [1.807, 2.05) is 12.1 Å². The van der Waals surface area contributed by atoms with Gasteiger partial charge in [0.05, 0.1) is 0 Å². The average molecular weight is 372 g/mol. The summed E-state index contributed by atoms with van der Waals surface area (Å²) in [7, 11) is 0. The van der Waals surface area contributed by atoms with Crippen LogP contribution in [0.2, 0.25) is 0 Å². The molecule has 0 radical (unpaired) electrons. The molecule has 1 unspecified atom stereocenters. The van der Waals surface area contributed by atoms with Crippen LogP contribution in [-0.2, 0) is 4.79 Å². The predicted octanol–water partition coefficient (Wildman–Crippen LogP) is 1.33. The Bertz CT molecular complexity index is 921. The SMILES string of the molecule is CC(=O)NCCNC(=O)c1c(C)cc(C2COc3ccccc3O2)oc1=O. The number of para-hydroxylation sites is 2. The minimum absolute atomic E-state index is 0.0706. The third-order valence-electron chi connectivity index (χ3n) is 4.01. The summed E-state index contributed by atoms with van der Waals surface area (Å²) in [5.41, 5.74) is -0.344. The van der Waals surface area contributed by atoms with Gasteiger partial charge in [0.15, 0.2) is 23.4 Å². The monoisotopic (exact) mass is 372 g/mol. The van der Waals surface area contributed by atoms with E-state index in [1.54, 1.807) is 25.1 Å². The summed E-state index contributed by atoms with van der Waals surface area (Å²) in [6.07, 6.45) is -0.580. The Hall–Kier alpha value is -3.29. The van der Waals surface area contributed by atoms with E-state index in [1.165, 1.54) is 6.92 Å². The van der Waals surface area contributed by atoms with Gasteiger partial charge in [-0.1, -0.05) is 12.1 Å². The maximum Gasteiger partial charge on any atom is 0.349 e. The van der Waals surface area contributed by atoms with Gasteiger partial charge in [0, 0.05) is 20.0 Å². The maximum absolute atomic E-state index is 12.3. The Labute approximate surface area is 155 Å². The lowest BCUT2D eigenvalue weighted by Crippen LogP contribution is -2.36. The van der Waals surface area contributed by atoms with E-state index >= 15 is 0 Å². The first-order valence-electron chi connectivity index (χ1n) is 8.51. The highest BCUT2D eigenvalue weighted by Gasteiger charge is 2.26. The van der Waals surface area contributed by atoms with Gasteiger partial charge in [0.1, 0.15) is 12.2 Å². The van der Waals surface area contributed by atoms with Crippen molar-refractivity contribution in [3.8, 4) is 11.5 Å². The molecule has 8 heteroatoms. The minimum atomic E-state index is -0.746. The summed E-state index contributed by atoms with van der Waals surface area (Å²) in [6.45, 7) is 3.71. The van der Waals surface area contributed by atoms with Gasteiger partial charge in [-0.25, -0.2) is 4.79 Å². The number of carbonyl (C=O) groups excluding carboxylic acids is 2. The average Bonchev–Trinajstić information content (AvgIpc) is 2.64. The predicted molar refractivity (Wildman–Crippen MR) is 96.0 cm³/mol. The summed E-state index contributed by atoms with van der Waals surface area (Å²) in [6, 6.07) is 8.82. The Morgan fingerprint density at radius 1 is 1.15 bits per heavy atom. The molecule has 3 rings (SSSR count). The number of rotatable bonds is 5. The van der Waals surface area contributed by atoms with E-state index in [4.69, 9.17) is 13.9 Å². The third-order valence-corrected chi connectivity index (χ3v) is 4.01. The van der Waals surface area contributed by atoms with E-state index in [0.29, 0.717) is 22.8 Å². The number of aryl methyl sites for hydroxylation is 1. The van der Waals surface area contributed by atoms with Crippen LogP contribution in [0.1, 0.15) is 34.7 Å². The van der Waals surface area contributed by atoms with Crippen LogP contribution in [0.5, 0.6) is 11.5 Å². The number of hydrogen-bond acceptors (Lipinski definition) is 6. The summed E-state index contributed by atoms with van der Waals surface area (Å²) in [5.74, 6) is 0.739. The number of nitrogens with one attached hydrogen (secondary N) is 2. The second-order valence-corrected chi connectivity index (χ2v) is 6.10. The zero-order chi connectivity index (χ0) is 19.4. The summed E-state index contributed by atoms with van der Waals surface area (Å²) in [5, 5.41) is 5.13. The molecule has 1 aliphatic heterocycles. The van der Waals surface area contributed by atoms with Crippen molar-refractivity contribution >= 4 is 11.8 Å². The number of carbonyl (C=O) groups is 2. The molecule has 0 saturated heterocycles. The number of benzene rings is 1. The highest BCUT2D eigenvalue weighted by Crippen LogP contribution is 2.35. The molecule has 2 aromatic rings. The second kappa shape index (κ2) is 7.94. The first kappa shape index (κ1) is 18.5. The quantitative estimate of drug-likeness (QED) is 0.767. The Morgan fingerprint density at radius 3 is 2.56 bits per heavy atom. The summed E-state index contributed by atoms with van der Waals surface area (Å²) >= 11 is 0. The molecular weight excluding hydrogens is 352 g/mol. The molecule has 142 valence electrons. The minimum Gasteiger partial charge on any atom is -0.485 e. The van der Waals surface area contributed by atoms with Crippen LogP contribution in [-0.4, -0.2) is 31.5 Å². The van der Waals surface area contributed by atoms with E-state index in [9.17, 15) is 14.4 Å². The fourth-order valence-electron chi connectivity index (χ4n) is 2.73. The first-order valence-corrected chi connectivity index (χ1v) is 8.51. The molecular formula is C19H20N2O6. The van der Waals surface area contributed by atoms with Crippen molar-refractivity contribution in [1.82, 2.24) is 10.6 Å². The number of ether oxygens (including phenoxy) is 2. The fourth-order valence-corrected chi connectivity index (χ4v) is 2.73. The lowest BCUT2D eigenvalue weighted by atomic mass is 10.1. The number of hydrogen-bond donors (Lipinski definition) is 2. The van der Waals surface area contributed by atoms with Crippen LogP contribution in [0.25, 0.3) is 0 Å². The molecule has 1 aliphatic rings. The normalized spacial score (nSPS) is 15.1. The molecule has 8 nitrogen and oxygen atoms in total. The molecule has 0 bridgehead atoms. The molecule has 2 heterocycles. The van der Waals surface area contributed by atoms with E-state index < -0.39 is 17.6 Å². The molecule has 1 aromatic heterocycles. The van der Waals surface area contributed by atoms with Crippen LogP contribution in [0, 0.1) is 6.92 Å². The van der Waals surface area contributed by atoms with Crippen molar-refractivity contribution in [2.75, 3.05) is 19.7 Å². The fraction of sp³-hybridized carbons (Fsp3) is 0.316. The Morgan fingerprint density at radius 2 is 1.85 bits per heavy atom. The van der Waals surface area contributed by atoms with Gasteiger partial charge in [-0.05, 0) is 30.7 Å². The van der Waals surface area contributed by atoms with Gasteiger partial charge >= 0.3 is 5.63 Å². The smallest absolute Gasteiger partial charge is 0.349 e. The summed E-state index contributed by atoms with van der Waals surface area (Å²) in [4.78, 5) is 35.4. The summed E-state index contributed by atoms with van der Waals surface area (Å²) < 4.78 is 16.8. The number of amides is 2. The van der Waals surface area contributed by atoms with Crippen molar-refractivity contribution in [2.24, 2.45) is 0 Å². The standard InChI is InChI=1S/C19H20N2O6/c1-11-9-15(16-10-25-13-5-3-4-6-14(13)26-16)27-19(24)17(11)18(23)21-8-7-20-12(2)22/h3-6,9,16H,7-8,10H2,1-2H3,(H,20,22)(H,21,23). The largest absolute Gasteiger partial charge is 0.485 e. The van der Waals surface area contributed by atoms with E-state index in [2.05, 4.69) is 10.6 Å². The van der Waals surface area contributed by atoms with Crippen LogP contribution < -0.4 is 25.7 Å². The topological polar surface area (TPSA) is 107 Å². The zero-order valence-electron chi connectivity index (χ0n) is 15.0. The lowest BCUT2D eigenvalue weighted by molar-refractivity contribution is -0.118. The first-order chi connectivity index (χ1) is 13.0. The molecule has 0 fully saturated rings. The number of fused-ring (bicyclic) bond motifs is 1. The van der Waals surface area contributed by atoms with E-state index in [0.717, 1.165) is 0 Å². The molecule has 0 saturated carbocycles. The molecule has 0 spiro atoms. The van der Waals surface area contributed by atoms with Crippen LogP contribution in [0.15, 0.2) is 39.5 Å². The highest BCUT2D eigenvalue weighted by atomic mass is 16.6. The molecule has 0 aliphatic carbocycles. The molecule has 2 N–H and O–H groups in total. The maximum atomic E-state index is 12.3. The van der Waals surface area contributed by atoms with Gasteiger partial charge in [-0.2, -0.15) is 0 Å². The second-order valence-electron chi connectivity index (χ2n) is 6.10. The molecule has 1 atom stereocenters. The Kier molecular flexibility index (Phi) is 5.44. The lowest BCUT2D eigenvalue weighted by Gasteiger charge is -2.25. The van der Waals surface area contributed by atoms with Crippen LogP contribution in [0.4, 0.5) is 0 Å². The van der Waals surface area contributed by atoms with Crippen molar-refractivity contribution in [3.63, 3.8) is 0 Å². The van der Waals surface area contributed by atoms with Crippen molar-refractivity contribution in [1.29, 1.82) is 0 Å². The van der Waals surface area contributed by atoms with Crippen molar-refractivity contribution < 1.29 is 23.5 Å². The van der Waals surface area contributed by atoms with Gasteiger partial charge in [-0.3, -0.25) is 9.59 Å². The van der Waals surface area contributed by atoms with Gasteiger partial charge in [0.2, 0.25) is 5.91 Å². The molecule has 1 aromatic carbocycles. The van der Waals surface area contributed by atoms with E-state index in [-0.39, 0.29) is 31.2 Å². The van der Waals surface area contributed by atoms with Gasteiger partial charge < -0.3 is 24.5 Å². The van der Waals surface area contributed by atoms with Crippen LogP contribution in [0.3, 0.4) is 0 Å². The highest BCUT2D eigenvalue weighted by molar-refractivity contribution is 5.95. The van der Waals surface area contributed by atoms with Gasteiger partial charge in [-0.15, -0.1) is 0 Å². The third kappa shape index (κ3) is 4.28. The van der Waals surface area contributed by atoms with Gasteiger partial charge in [0.25, 0.3) is 5.91 Å². The van der Waals surface area contributed by atoms with Crippen molar-refractivity contribution in [3.05, 3.63) is 57.6 Å². The Balaban J connectivity index is 1.73. The molecule has 2 amide bonds. The zero-order valence-corrected chi connectivity index (χ0v) is 15.0. The molecule has 27 heavy (non-hydrogen) atoms. The van der Waals surface area contributed by atoms with Crippen LogP contribution >= 0.6 is 0 Å².